The quantitative estimate of drug-likeness (QED) is 0.454. The van der Waals surface area contributed by atoms with Crippen LogP contribution < -0.4 is 21.0 Å². The number of imidazole rings is 1. The van der Waals surface area contributed by atoms with Crippen LogP contribution in [0.15, 0.2) is 0 Å². The van der Waals surface area contributed by atoms with Crippen molar-refractivity contribution in [2.75, 3.05) is 23.8 Å². The van der Waals surface area contributed by atoms with Crippen molar-refractivity contribution in [2.45, 2.75) is 98.3 Å². The van der Waals surface area contributed by atoms with Crippen LogP contribution >= 0.6 is 0 Å². The lowest BCUT2D eigenvalue weighted by molar-refractivity contribution is 0.120. The summed E-state index contributed by atoms with van der Waals surface area (Å²) in [5, 5.41) is 6.47. The third-order valence-electron chi connectivity index (χ3n) is 8.24. The van der Waals surface area contributed by atoms with Gasteiger partial charge in [-0.05, 0) is 55.8 Å². The summed E-state index contributed by atoms with van der Waals surface area (Å²) in [6.45, 7) is 13.1. The van der Waals surface area contributed by atoms with E-state index >= 15 is 0 Å². The highest BCUT2D eigenvalue weighted by Crippen LogP contribution is 2.36. The van der Waals surface area contributed by atoms with Crippen molar-refractivity contribution in [3.8, 4) is 0 Å². The monoisotopic (exact) mass is 512 g/mol. The summed E-state index contributed by atoms with van der Waals surface area (Å²) in [6.07, 6.45) is 7.65. The Balaban J connectivity index is 1.59. The van der Waals surface area contributed by atoms with Crippen LogP contribution in [-0.2, 0) is 11.4 Å². The molecule has 37 heavy (non-hydrogen) atoms. The fourth-order valence-corrected chi connectivity index (χ4v) is 5.97. The van der Waals surface area contributed by atoms with Gasteiger partial charge in [-0.1, -0.05) is 47.0 Å². The lowest BCUT2D eigenvalue weighted by Gasteiger charge is -2.33. The molecule has 204 valence electrons. The van der Waals surface area contributed by atoms with Crippen molar-refractivity contribution in [1.82, 2.24) is 30.3 Å². The number of carbonyl (C=O) groups is 1. The van der Waals surface area contributed by atoms with Gasteiger partial charge in [-0.3, -0.25) is 5.32 Å². The number of hydrogen-bond acceptors (Lipinski definition) is 8. The van der Waals surface area contributed by atoms with Gasteiger partial charge in [0.15, 0.2) is 23.5 Å². The van der Waals surface area contributed by atoms with Crippen LogP contribution in [0.3, 0.4) is 0 Å². The SMILES string of the molecule is CC1CCC(Cn2c(N(C)CC(C)(C)C)nc3nc(C4NOC(=O)N4)nc(N[C@H](C)C4CCC4)c32)CC1. The van der Waals surface area contributed by atoms with Crippen LogP contribution in [0.2, 0.25) is 0 Å². The Bertz CT molecular complexity index is 1110. The summed E-state index contributed by atoms with van der Waals surface area (Å²) in [5.41, 5.74) is 4.42. The van der Waals surface area contributed by atoms with Crippen molar-refractivity contribution < 1.29 is 9.63 Å². The summed E-state index contributed by atoms with van der Waals surface area (Å²) < 4.78 is 2.36. The first-order chi connectivity index (χ1) is 17.6. The minimum Gasteiger partial charge on any atom is -0.365 e. The van der Waals surface area contributed by atoms with Crippen molar-refractivity contribution in [2.24, 2.45) is 23.2 Å². The van der Waals surface area contributed by atoms with E-state index in [9.17, 15) is 4.79 Å². The molecule has 0 bridgehead atoms. The minimum atomic E-state index is -0.614. The standard InChI is InChI=1S/C27H44N8O2/c1-16-10-12-18(13-11-16)14-35-20-21(28-17(2)19-8-7-9-19)29-23(24-32-26(36)37-33-24)30-22(20)31-25(35)34(6)15-27(3,4)5/h16-19,24,33H,7-15H2,1-6H3,(H,32,36)(H,28,29,30)/t16?,17-,18?,24?/m1/s1. The number of amides is 1. The lowest BCUT2D eigenvalue weighted by Crippen LogP contribution is -2.33. The minimum absolute atomic E-state index is 0.115. The third-order valence-corrected chi connectivity index (χ3v) is 8.24. The molecule has 0 radical (unpaired) electrons. The molecule has 10 nitrogen and oxygen atoms in total. The Morgan fingerprint density at radius 3 is 2.46 bits per heavy atom. The topological polar surface area (TPSA) is 109 Å². The summed E-state index contributed by atoms with van der Waals surface area (Å²) in [7, 11) is 2.12. The predicted molar refractivity (Wildman–Crippen MR) is 145 cm³/mol. The Labute approximate surface area is 220 Å². The van der Waals surface area contributed by atoms with E-state index in [1.54, 1.807) is 0 Å². The van der Waals surface area contributed by atoms with Crippen LogP contribution in [-0.4, -0.2) is 45.2 Å². The second kappa shape index (κ2) is 10.3. The van der Waals surface area contributed by atoms with Gasteiger partial charge in [-0.25, -0.2) is 14.8 Å². The van der Waals surface area contributed by atoms with Crippen LogP contribution in [0.1, 0.15) is 91.6 Å². The average Bonchev–Trinajstić information content (AvgIpc) is 3.37. The van der Waals surface area contributed by atoms with Gasteiger partial charge in [0.1, 0.15) is 5.52 Å². The molecule has 1 amide bonds. The number of anilines is 2. The Morgan fingerprint density at radius 1 is 1.14 bits per heavy atom. The van der Waals surface area contributed by atoms with Crippen molar-refractivity contribution >= 4 is 29.0 Å². The Morgan fingerprint density at radius 2 is 1.86 bits per heavy atom. The number of fused-ring (bicyclic) bond motifs is 1. The molecule has 5 rings (SSSR count). The molecule has 1 saturated heterocycles. The molecule has 2 saturated carbocycles. The number of hydroxylamine groups is 1. The Kier molecular flexibility index (Phi) is 7.22. The largest absolute Gasteiger partial charge is 0.427 e. The number of aromatic nitrogens is 4. The summed E-state index contributed by atoms with van der Waals surface area (Å²) in [4.78, 5) is 33.8. The first-order valence-corrected chi connectivity index (χ1v) is 14.1. The van der Waals surface area contributed by atoms with E-state index in [1.165, 1.54) is 44.9 Å². The van der Waals surface area contributed by atoms with Crippen LogP contribution in [0, 0.1) is 23.2 Å². The predicted octanol–water partition coefficient (Wildman–Crippen LogP) is 4.98. The van der Waals surface area contributed by atoms with E-state index < -0.39 is 12.3 Å². The smallest absolute Gasteiger partial charge is 0.365 e. The number of hydrogen-bond donors (Lipinski definition) is 3. The number of nitrogens with one attached hydrogen (secondary N) is 3. The number of nitrogens with zero attached hydrogens (tertiary/aromatic N) is 5. The summed E-state index contributed by atoms with van der Waals surface area (Å²) in [5.74, 6) is 4.21. The molecule has 2 atom stereocenters. The number of rotatable bonds is 8. The highest BCUT2D eigenvalue weighted by Gasteiger charge is 2.32. The van der Waals surface area contributed by atoms with Gasteiger partial charge in [-0.15, -0.1) is 5.48 Å². The fraction of sp³-hybridized carbons (Fsp3) is 0.778. The second-order valence-corrected chi connectivity index (χ2v) is 12.9. The van der Waals surface area contributed by atoms with E-state index in [0.717, 1.165) is 36.3 Å². The van der Waals surface area contributed by atoms with Crippen LogP contribution in [0.25, 0.3) is 11.2 Å². The summed E-state index contributed by atoms with van der Waals surface area (Å²) in [6, 6.07) is 0.289. The zero-order valence-corrected chi connectivity index (χ0v) is 23.3. The van der Waals surface area contributed by atoms with Gasteiger partial charge in [0, 0.05) is 26.2 Å². The second-order valence-electron chi connectivity index (χ2n) is 12.9. The molecule has 0 aromatic carbocycles. The normalized spacial score (nSPS) is 25.5. The molecular formula is C27H44N8O2. The molecule has 1 aliphatic heterocycles. The molecular weight excluding hydrogens is 468 g/mol. The molecule has 10 heteroatoms. The maximum absolute atomic E-state index is 11.7. The molecule has 0 spiro atoms. The van der Waals surface area contributed by atoms with Crippen LogP contribution in [0.4, 0.5) is 16.6 Å². The van der Waals surface area contributed by atoms with E-state index in [0.29, 0.717) is 23.3 Å². The molecule has 3 N–H and O–H groups in total. The van der Waals surface area contributed by atoms with Gasteiger partial charge in [0.25, 0.3) is 0 Å². The fourth-order valence-electron chi connectivity index (χ4n) is 5.97. The van der Waals surface area contributed by atoms with Gasteiger partial charge in [-0.2, -0.15) is 4.98 Å². The van der Waals surface area contributed by atoms with E-state index in [4.69, 9.17) is 19.8 Å². The van der Waals surface area contributed by atoms with Crippen molar-refractivity contribution in [3.63, 3.8) is 0 Å². The van der Waals surface area contributed by atoms with Gasteiger partial charge in [0.05, 0.1) is 0 Å². The lowest BCUT2D eigenvalue weighted by atomic mass is 9.80. The van der Waals surface area contributed by atoms with Gasteiger partial charge < -0.3 is 19.6 Å². The first kappa shape index (κ1) is 26.0. The Hall–Kier alpha value is -2.62. The molecule has 3 heterocycles. The number of carbonyl (C=O) groups excluding carboxylic acids is 1. The zero-order chi connectivity index (χ0) is 26.3. The molecule has 2 aliphatic carbocycles. The van der Waals surface area contributed by atoms with E-state index in [-0.39, 0.29) is 11.5 Å². The van der Waals surface area contributed by atoms with Gasteiger partial charge in [0.2, 0.25) is 5.95 Å². The van der Waals surface area contributed by atoms with Crippen LogP contribution in [0.5, 0.6) is 0 Å². The van der Waals surface area contributed by atoms with Crippen molar-refractivity contribution in [3.05, 3.63) is 5.82 Å². The van der Waals surface area contributed by atoms with E-state index in [1.807, 2.05) is 0 Å². The molecule has 2 aromatic rings. The highest BCUT2D eigenvalue weighted by atomic mass is 16.7. The summed E-state index contributed by atoms with van der Waals surface area (Å²) >= 11 is 0. The van der Waals surface area contributed by atoms with Gasteiger partial charge >= 0.3 is 6.09 Å². The molecule has 3 aliphatic rings. The van der Waals surface area contributed by atoms with Crippen molar-refractivity contribution in [1.29, 1.82) is 0 Å². The highest BCUT2D eigenvalue weighted by molar-refractivity contribution is 5.86. The molecule has 2 aromatic heterocycles. The molecule has 1 unspecified atom stereocenters. The third kappa shape index (κ3) is 5.78. The maximum atomic E-state index is 11.7. The zero-order valence-electron chi connectivity index (χ0n) is 23.3. The first-order valence-electron chi connectivity index (χ1n) is 14.1. The van der Waals surface area contributed by atoms with E-state index in [2.05, 4.69) is 67.2 Å². The maximum Gasteiger partial charge on any atom is 0.427 e. The average molecular weight is 513 g/mol. The molecule has 3 fully saturated rings.